The molecule has 0 aliphatic carbocycles. The Morgan fingerprint density at radius 3 is 2.79 bits per heavy atom. The number of ether oxygens (including phenoxy) is 1. The standard InChI is InChI=1S/C18H22N4O2/c1-21(2)16-11-13(8-9-19-16)15-5-4-10-22(15)18(23)14-6-7-17(24-3)20-12-14/h6-9,11-12,15H,4-5,10H2,1-3H3/t15-/m0/s1. The fourth-order valence-electron chi connectivity index (χ4n) is 3.04. The number of anilines is 1. The Morgan fingerprint density at radius 1 is 1.29 bits per heavy atom. The van der Waals surface area contributed by atoms with Crippen molar-refractivity contribution in [1.82, 2.24) is 14.9 Å². The molecule has 6 heteroatoms. The Bertz CT molecular complexity index is 715. The maximum atomic E-state index is 12.9. The van der Waals surface area contributed by atoms with Crippen LogP contribution < -0.4 is 9.64 Å². The second kappa shape index (κ2) is 6.86. The summed E-state index contributed by atoms with van der Waals surface area (Å²) in [5.41, 5.74) is 1.71. The third kappa shape index (κ3) is 3.18. The summed E-state index contributed by atoms with van der Waals surface area (Å²) in [4.78, 5) is 25.3. The second-order valence-corrected chi connectivity index (χ2v) is 6.09. The molecule has 6 nitrogen and oxygen atoms in total. The second-order valence-electron chi connectivity index (χ2n) is 6.09. The quantitative estimate of drug-likeness (QED) is 0.864. The SMILES string of the molecule is COc1ccc(C(=O)N2CCC[C@H]2c2ccnc(N(C)C)c2)cn1. The van der Waals surface area contributed by atoms with Crippen LogP contribution in [-0.2, 0) is 0 Å². The van der Waals surface area contributed by atoms with Crippen LogP contribution in [-0.4, -0.2) is 48.5 Å². The zero-order valence-electron chi connectivity index (χ0n) is 14.3. The first-order chi connectivity index (χ1) is 11.6. The zero-order valence-corrected chi connectivity index (χ0v) is 14.3. The molecule has 0 aromatic carbocycles. The van der Waals surface area contributed by atoms with Gasteiger partial charge in [0.25, 0.3) is 5.91 Å². The summed E-state index contributed by atoms with van der Waals surface area (Å²) >= 11 is 0. The Kier molecular flexibility index (Phi) is 4.64. The molecule has 0 spiro atoms. The van der Waals surface area contributed by atoms with Gasteiger partial charge < -0.3 is 14.5 Å². The lowest BCUT2D eigenvalue weighted by molar-refractivity contribution is 0.0735. The van der Waals surface area contributed by atoms with Crippen LogP contribution >= 0.6 is 0 Å². The van der Waals surface area contributed by atoms with Crippen molar-refractivity contribution in [2.75, 3.05) is 32.6 Å². The fourth-order valence-corrected chi connectivity index (χ4v) is 3.04. The molecule has 126 valence electrons. The summed E-state index contributed by atoms with van der Waals surface area (Å²) in [6, 6.07) is 7.62. The van der Waals surface area contributed by atoms with Gasteiger partial charge in [0, 0.05) is 39.1 Å². The van der Waals surface area contributed by atoms with Gasteiger partial charge in [-0.2, -0.15) is 0 Å². The van der Waals surface area contributed by atoms with Crippen LogP contribution in [0.5, 0.6) is 5.88 Å². The highest BCUT2D eigenvalue weighted by Gasteiger charge is 2.31. The molecular formula is C18H22N4O2. The molecule has 1 amide bonds. The molecule has 3 heterocycles. The number of rotatable bonds is 4. The van der Waals surface area contributed by atoms with E-state index in [2.05, 4.69) is 16.0 Å². The summed E-state index contributed by atoms with van der Waals surface area (Å²) in [6.45, 7) is 0.759. The van der Waals surface area contributed by atoms with Gasteiger partial charge in [-0.05, 0) is 36.6 Å². The Morgan fingerprint density at radius 2 is 2.12 bits per heavy atom. The predicted molar refractivity (Wildman–Crippen MR) is 92.4 cm³/mol. The van der Waals surface area contributed by atoms with Crippen molar-refractivity contribution in [2.24, 2.45) is 0 Å². The van der Waals surface area contributed by atoms with Gasteiger partial charge in [-0.3, -0.25) is 4.79 Å². The molecule has 1 aliphatic rings. The van der Waals surface area contributed by atoms with Gasteiger partial charge in [-0.25, -0.2) is 9.97 Å². The van der Waals surface area contributed by atoms with Gasteiger partial charge in [0.05, 0.1) is 18.7 Å². The number of hydrogen-bond donors (Lipinski definition) is 0. The van der Waals surface area contributed by atoms with Crippen LogP contribution in [0, 0.1) is 0 Å². The first-order valence-electron chi connectivity index (χ1n) is 8.04. The van der Waals surface area contributed by atoms with E-state index in [0.29, 0.717) is 11.4 Å². The van der Waals surface area contributed by atoms with Crippen molar-refractivity contribution in [1.29, 1.82) is 0 Å². The van der Waals surface area contributed by atoms with Gasteiger partial charge >= 0.3 is 0 Å². The van der Waals surface area contributed by atoms with E-state index in [4.69, 9.17) is 4.74 Å². The Balaban J connectivity index is 1.84. The maximum absolute atomic E-state index is 12.9. The number of likely N-dealkylation sites (tertiary alicyclic amines) is 1. The van der Waals surface area contributed by atoms with E-state index in [0.717, 1.165) is 30.8 Å². The molecule has 3 rings (SSSR count). The van der Waals surface area contributed by atoms with Gasteiger partial charge in [0.2, 0.25) is 5.88 Å². The number of aromatic nitrogens is 2. The van der Waals surface area contributed by atoms with Crippen LogP contribution in [0.2, 0.25) is 0 Å². The lowest BCUT2D eigenvalue weighted by Crippen LogP contribution is -2.30. The van der Waals surface area contributed by atoms with E-state index in [1.165, 1.54) is 0 Å². The van der Waals surface area contributed by atoms with Crippen LogP contribution in [0.15, 0.2) is 36.7 Å². The molecule has 2 aromatic rings. The number of nitrogens with zero attached hydrogens (tertiary/aromatic N) is 4. The Hall–Kier alpha value is -2.63. The van der Waals surface area contributed by atoms with Crippen molar-refractivity contribution in [3.8, 4) is 5.88 Å². The van der Waals surface area contributed by atoms with Crippen LogP contribution in [0.25, 0.3) is 0 Å². The van der Waals surface area contributed by atoms with Crippen molar-refractivity contribution in [2.45, 2.75) is 18.9 Å². The van der Waals surface area contributed by atoms with Gasteiger partial charge in [0.15, 0.2) is 0 Å². The number of amides is 1. The predicted octanol–water partition coefficient (Wildman–Crippen LogP) is 2.53. The summed E-state index contributed by atoms with van der Waals surface area (Å²) in [5, 5.41) is 0. The molecule has 2 aromatic heterocycles. The lowest BCUT2D eigenvalue weighted by Gasteiger charge is -2.26. The minimum Gasteiger partial charge on any atom is -0.481 e. The first kappa shape index (κ1) is 16.2. The van der Waals surface area contributed by atoms with Crippen molar-refractivity contribution in [3.05, 3.63) is 47.8 Å². The molecule has 0 N–H and O–H groups in total. The lowest BCUT2D eigenvalue weighted by atomic mass is 10.1. The molecule has 1 fully saturated rings. The smallest absolute Gasteiger partial charge is 0.255 e. The number of pyridine rings is 2. The molecule has 0 saturated carbocycles. The molecular weight excluding hydrogens is 304 g/mol. The van der Waals surface area contributed by atoms with E-state index in [-0.39, 0.29) is 11.9 Å². The average molecular weight is 326 g/mol. The third-order valence-corrected chi connectivity index (χ3v) is 4.32. The molecule has 1 aliphatic heterocycles. The highest BCUT2D eigenvalue weighted by Crippen LogP contribution is 2.34. The molecule has 0 radical (unpaired) electrons. The van der Waals surface area contributed by atoms with Gasteiger partial charge in [-0.15, -0.1) is 0 Å². The van der Waals surface area contributed by atoms with Crippen LogP contribution in [0.4, 0.5) is 5.82 Å². The molecule has 0 bridgehead atoms. The minimum absolute atomic E-state index is 0.0101. The fraction of sp³-hybridized carbons (Fsp3) is 0.389. The third-order valence-electron chi connectivity index (χ3n) is 4.32. The summed E-state index contributed by atoms with van der Waals surface area (Å²) < 4.78 is 5.05. The number of hydrogen-bond acceptors (Lipinski definition) is 5. The average Bonchev–Trinajstić information content (AvgIpc) is 3.11. The molecule has 1 atom stereocenters. The van der Waals surface area contributed by atoms with E-state index < -0.39 is 0 Å². The minimum atomic E-state index is 0.0101. The number of methoxy groups -OCH3 is 1. The summed E-state index contributed by atoms with van der Waals surface area (Å²) in [5.74, 6) is 1.42. The van der Waals surface area contributed by atoms with Crippen LogP contribution in [0.3, 0.4) is 0 Å². The largest absolute Gasteiger partial charge is 0.481 e. The number of carbonyl (C=O) groups excluding carboxylic acids is 1. The van der Waals surface area contributed by atoms with Crippen molar-refractivity contribution < 1.29 is 9.53 Å². The monoisotopic (exact) mass is 326 g/mol. The van der Waals surface area contributed by atoms with Gasteiger partial charge in [-0.1, -0.05) is 0 Å². The molecule has 1 saturated heterocycles. The maximum Gasteiger partial charge on any atom is 0.255 e. The molecule has 24 heavy (non-hydrogen) atoms. The summed E-state index contributed by atoms with van der Waals surface area (Å²) in [7, 11) is 5.49. The van der Waals surface area contributed by atoms with Crippen molar-refractivity contribution >= 4 is 11.7 Å². The normalized spacial score (nSPS) is 17.0. The van der Waals surface area contributed by atoms with E-state index in [1.54, 1.807) is 31.6 Å². The Labute approximate surface area is 142 Å². The van der Waals surface area contributed by atoms with Crippen molar-refractivity contribution in [3.63, 3.8) is 0 Å². The zero-order chi connectivity index (χ0) is 17.1. The van der Waals surface area contributed by atoms with Crippen LogP contribution in [0.1, 0.15) is 34.8 Å². The van der Waals surface area contributed by atoms with E-state index in [1.807, 2.05) is 30.0 Å². The van der Waals surface area contributed by atoms with Gasteiger partial charge in [0.1, 0.15) is 5.82 Å². The highest BCUT2D eigenvalue weighted by atomic mass is 16.5. The first-order valence-corrected chi connectivity index (χ1v) is 8.04. The molecule has 0 unspecified atom stereocenters. The van der Waals surface area contributed by atoms with E-state index >= 15 is 0 Å². The summed E-state index contributed by atoms with van der Waals surface area (Å²) in [6.07, 6.45) is 5.35. The number of carbonyl (C=O) groups is 1. The van der Waals surface area contributed by atoms with E-state index in [9.17, 15) is 4.79 Å². The highest BCUT2D eigenvalue weighted by molar-refractivity contribution is 5.94. The topological polar surface area (TPSA) is 58.6 Å².